The van der Waals surface area contributed by atoms with Crippen molar-refractivity contribution in [2.75, 3.05) is 7.11 Å². The minimum Gasteiger partial charge on any atom is -0.495 e. The largest absolute Gasteiger partial charge is 0.495 e. The lowest BCUT2D eigenvalue weighted by atomic mass is 10.1. The van der Waals surface area contributed by atoms with Crippen molar-refractivity contribution in [3.05, 3.63) is 26.8 Å². The SMILES string of the molecule is COc1c(I)cc(C#N)cc1C(=O)Cl. The van der Waals surface area contributed by atoms with Crippen LogP contribution in [0.1, 0.15) is 15.9 Å². The molecule has 0 bridgehead atoms. The Morgan fingerprint density at radius 2 is 2.29 bits per heavy atom. The molecule has 1 aromatic rings. The number of nitriles is 1. The van der Waals surface area contributed by atoms with E-state index in [9.17, 15) is 4.79 Å². The zero-order chi connectivity index (χ0) is 10.7. The number of benzene rings is 1. The molecule has 0 fully saturated rings. The van der Waals surface area contributed by atoms with Crippen molar-refractivity contribution in [3.63, 3.8) is 0 Å². The predicted molar refractivity (Wildman–Crippen MR) is 60.6 cm³/mol. The van der Waals surface area contributed by atoms with E-state index in [4.69, 9.17) is 21.6 Å². The Bertz CT molecular complexity index is 426. The summed E-state index contributed by atoms with van der Waals surface area (Å²) in [7, 11) is 1.45. The summed E-state index contributed by atoms with van der Waals surface area (Å²) in [6.45, 7) is 0. The highest BCUT2D eigenvalue weighted by atomic mass is 127. The fourth-order valence-corrected chi connectivity index (χ4v) is 2.00. The van der Waals surface area contributed by atoms with E-state index in [1.165, 1.54) is 13.2 Å². The van der Waals surface area contributed by atoms with Crippen LogP contribution in [0.5, 0.6) is 5.75 Å². The molecule has 0 atom stereocenters. The summed E-state index contributed by atoms with van der Waals surface area (Å²) in [6.07, 6.45) is 0. The zero-order valence-electron chi connectivity index (χ0n) is 7.17. The van der Waals surface area contributed by atoms with Crippen LogP contribution in [0.15, 0.2) is 12.1 Å². The molecule has 0 radical (unpaired) electrons. The first-order valence-electron chi connectivity index (χ1n) is 3.57. The first-order chi connectivity index (χ1) is 6.60. The summed E-state index contributed by atoms with van der Waals surface area (Å²) >= 11 is 7.34. The molecule has 3 nitrogen and oxygen atoms in total. The molecule has 0 aliphatic heterocycles. The first kappa shape index (κ1) is 11.3. The Kier molecular flexibility index (Phi) is 3.72. The number of rotatable bonds is 2. The lowest BCUT2D eigenvalue weighted by Crippen LogP contribution is -1.98. The van der Waals surface area contributed by atoms with E-state index < -0.39 is 5.24 Å². The van der Waals surface area contributed by atoms with Crippen LogP contribution in [0.3, 0.4) is 0 Å². The van der Waals surface area contributed by atoms with Gasteiger partial charge in [-0.25, -0.2) is 0 Å². The molecule has 0 aliphatic rings. The smallest absolute Gasteiger partial charge is 0.256 e. The summed E-state index contributed by atoms with van der Waals surface area (Å²) in [5, 5.41) is 8.06. The molecular weight excluding hydrogens is 316 g/mol. The topological polar surface area (TPSA) is 50.1 Å². The Labute approximate surface area is 99.8 Å². The summed E-state index contributed by atoms with van der Waals surface area (Å²) < 4.78 is 5.70. The molecule has 72 valence electrons. The van der Waals surface area contributed by atoms with Crippen molar-refractivity contribution >= 4 is 39.4 Å². The van der Waals surface area contributed by atoms with Gasteiger partial charge in [-0.05, 0) is 46.3 Å². The van der Waals surface area contributed by atoms with E-state index in [-0.39, 0.29) is 5.56 Å². The van der Waals surface area contributed by atoms with Crippen LogP contribution in [0, 0.1) is 14.9 Å². The van der Waals surface area contributed by atoms with E-state index in [1.54, 1.807) is 6.07 Å². The number of carbonyl (C=O) groups excluding carboxylic acids is 1. The lowest BCUT2D eigenvalue weighted by Gasteiger charge is -2.07. The number of hydrogen-bond acceptors (Lipinski definition) is 3. The summed E-state index contributed by atoms with van der Waals surface area (Å²) in [6, 6.07) is 4.98. The van der Waals surface area contributed by atoms with Gasteiger partial charge in [0.1, 0.15) is 5.75 Å². The minimum absolute atomic E-state index is 0.220. The van der Waals surface area contributed by atoms with Gasteiger partial charge in [-0.1, -0.05) is 0 Å². The van der Waals surface area contributed by atoms with Gasteiger partial charge in [-0.15, -0.1) is 0 Å². The van der Waals surface area contributed by atoms with E-state index in [1.807, 2.05) is 28.7 Å². The van der Waals surface area contributed by atoms with Crippen LogP contribution in [0.25, 0.3) is 0 Å². The monoisotopic (exact) mass is 321 g/mol. The molecule has 14 heavy (non-hydrogen) atoms. The average Bonchev–Trinajstić information content (AvgIpc) is 2.16. The van der Waals surface area contributed by atoms with E-state index in [2.05, 4.69) is 0 Å². The normalized spacial score (nSPS) is 9.29. The lowest BCUT2D eigenvalue weighted by molar-refractivity contribution is 0.107. The Hall–Kier alpha value is -0.800. The fourth-order valence-electron chi connectivity index (χ4n) is 1.01. The Balaban J connectivity index is 3.45. The zero-order valence-corrected chi connectivity index (χ0v) is 10.1. The van der Waals surface area contributed by atoms with Crippen molar-refractivity contribution in [1.29, 1.82) is 5.26 Å². The van der Waals surface area contributed by atoms with Crippen LogP contribution in [0.2, 0.25) is 0 Å². The minimum atomic E-state index is -0.628. The molecule has 0 aliphatic carbocycles. The third-order valence-corrected chi connectivity index (χ3v) is 2.59. The molecule has 0 unspecified atom stereocenters. The quantitative estimate of drug-likeness (QED) is 0.621. The van der Waals surface area contributed by atoms with Crippen LogP contribution in [-0.2, 0) is 0 Å². The van der Waals surface area contributed by atoms with Gasteiger partial charge in [0.25, 0.3) is 5.24 Å². The standard InChI is InChI=1S/C9H5ClINO2/c1-14-8-6(9(10)13)2-5(4-12)3-7(8)11/h2-3H,1H3. The molecule has 0 spiro atoms. The highest BCUT2D eigenvalue weighted by Gasteiger charge is 2.14. The molecule has 0 N–H and O–H groups in total. The van der Waals surface area contributed by atoms with Gasteiger partial charge < -0.3 is 4.74 Å². The number of ether oxygens (including phenoxy) is 1. The van der Waals surface area contributed by atoms with Crippen LogP contribution in [0.4, 0.5) is 0 Å². The average molecular weight is 322 g/mol. The number of methoxy groups -OCH3 is 1. The van der Waals surface area contributed by atoms with Gasteiger partial charge in [-0.2, -0.15) is 5.26 Å². The molecule has 0 saturated carbocycles. The fraction of sp³-hybridized carbons (Fsp3) is 0.111. The number of nitrogens with zero attached hydrogens (tertiary/aromatic N) is 1. The van der Waals surface area contributed by atoms with E-state index in [0.717, 1.165) is 0 Å². The second kappa shape index (κ2) is 4.62. The first-order valence-corrected chi connectivity index (χ1v) is 5.03. The summed E-state index contributed by atoms with van der Waals surface area (Å²) in [4.78, 5) is 11.0. The van der Waals surface area contributed by atoms with E-state index in [0.29, 0.717) is 14.9 Å². The second-order valence-corrected chi connectivity index (χ2v) is 3.93. The van der Waals surface area contributed by atoms with Crippen molar-refractivity contribution in [2.24, 2.45) is 0 Å². The van der Waals surface area contributed by atoms with Gasteiger partial charge in [-0.3, -0.25) is 4.79 Å². The molecule has 0 saturated heterocycles. The number of halogens is 2. The van der Waals surface area contributed by atoms with Crippen molar-refractivity contribution in [3.8, 4) is 11.8 Å². The molecule has 1 aromatic carbocycles. The highest BCUT2D eigenvalue weighted by molar-refractivity contribution is 14.1. The summed E-state index contributed by atoms with van der Waals surface area (Å²) in [5.74, 6) is 0.407. The molecule has 1 rings (SSSR count). The third-order valence-electron chi connectivity index (χ3n) is 1.59. The molecule has 0 heterocycles. The van der Waals surface area contributed by atoms with Gasteiger partial charge in [0.2, 0.25) is 0 Å². The number of carbonyl (C=O) groups is 1. The van der Waals surface area contributed by atoms with Gasteiger partial charge in [0.05, 0.1) is 27.9 Å². The number of hydrogen-bond donors (Lipinski definition) is 0. The van der Waals surface area contributed by atoms with Crippen molar-refractivity contribution in [1.82, 2.24) is 0 Å². The van der Waals surface area contributed by atoms with E-state index >= 15 is 0 Å². The summed E-state index contributed by atoms with van der Waals surface area (Å²) in [5.41, 5.74) is 0.608. The Morgan fingerprint density at radius 1 is 1.64 bits per heavy atom. The van der Waals surface area contributed by atoms with Gasteiger partial charge in [0, 0.05) is 0 Å². The third kappa shape index (κ3) is 2.16. The second-order valence-electron chi connectivity index (χ2n) is 2.42. The molecule has 0 amide bonds. The Morgan fingerprint density at radius 3 is 2.71 bits per heavy atom. The highest BCUT2D eigenvalue weighted by Crippen LogP contribution is 2.28. The van der Waals surface area contributed by atoms with Crippen LogP contribution in [-0.4, -0.2) is 12.4 Å². The molecule has 5 heteroatoms. The maximum Gasteiger partial charge on any atom is 0.256 e. The van der Waals surface area contributed by atoms with Gasteiger partial charge in [0.15, 0.2) is 0 Å². The predicted octanol–water partition coefficient (Wildman–Crippen LogP) is 2.55. The van der Waals surface area contributed by atoms with Crippen molar-refractivity contribution < 1.29 is 9.53 Å². The van der Waals surface area contributed by atoms with Crippen LogP contribution < -0.4 is 4.74 Å². The molecule has 0 aromatic heterocycles. The maximum atomic E-state index is 11.0. The van der Waals surface area contributed by atoms with Crippen molar-refractivity contribution in [2.45, 2.75) is 0 Å². The van der Waals surface area contributed by atoms with Crippen LogP contribution >= 0.6 is 34.2 Å². The van der Waals surface area contributed by atoms with Gasteiger partial charge >= 0.3 is 0 Å². The maximum absolute atomic E-state index is 11.0. The molecular formula is C9H5ClINO2.